The van der Waals surface area contributed by atoms with Crippen molar-refractivity contribution >= 4 is 11.7 Å². The zero-order valence-corrected chi connectivity index (χ0v) is 23.2. The van der Waals surface area contributed by atoms with Crippen LogP contribution in [0.2, 0.25) is 0 Å². The fourth-order valence-electron chi connectivity index (χ4n) is 5.86. The second-order valence-electron chi connectivity index (χ2n) is 11.1. The van der Waals surface area contributed by atoms with E-state index < -0.39 is 0 Å². The summed E-state index contributed by atoms with van der Waals surface area (Å²) in [7, 11) is 0. The molecule has 2 aromatic heterocycles. The molecule has 1 saturated carbocycles. The van der Waals surface area contributed by atoms with E-state index in [1.165, 1.54) is 0 Å². The third kappa shape index (κ3) is 6.49. The van der Waals surface area contributed by atoms with Crippen molar-refractivity contribution in [1.82, 2.24) is 20.2 Å². The zero-order chi connectivity index (χ0) is 27.2. The Balaban J connectivity index is 1.24. The lowest BCUT2D eigenvalue weighted by atomic mass is 9.90. The average Bonchev–Trinajstić information content (AvgIpc) is 3.34. The van der Waals surface area contributed by atoms with Crippen molar-refractivity contribution in [2.45, 2.75) is 77.7 Å². The van der Waals surface area contributed by atoms with Gasteiger partial charge in [-0.15, -0.1) is 0 Å². The Labute approximate surface area is 230 Å². The van der Waals surface area contributed by atoms with E-state index in [1.807, 2.05) is 31.2 Å². The lowest BCUT2D eigenvalue weighted by Crippen LogP contribution is -2.37. The minimum atomic E-state index is -0.284. The number of amides is 1. The Morgan fingerprint density at radius 3 is 2.54 bits per heavy atom. The summed E-state index contributed by atoms with van der Waals surface area (Å²) in [6, 6.07) is 7.51. The number of unbranched alkanes of at least 4 members (excludes halogenated alkanes) is 2. The Morgan fingerprint density at radius 1 is 1.08 bits per heavy atom. The number of benzene rings is 1. The molecule has 0 radical (unpaired) electrons. The van der Waals surface area contributed by atoms with E-state index in [4.69, 9.17) is 8.83 Å². The number of carbonyl (C=O) groups excluding carboxylic acids is 2. The molecule has 1 aliphatic heterocycles. The van der Waals surface area contributed by atoms with E-state index in [1.54, 1.807) is 18.7 Å². The average molecular weight is 533 g/mol. The highest BCUT2D eigenvalue weighted by atomic mass is 16.4. The lowest BCUT2D eigenvalue weighted by Gasteiger charge is -2.32. The molecule has 3 aromatic rings. The van der Waals surface area contributed by atoms with Crippen molar-refractivity contribution < 1.29 is 18.4 Å². The number of nitrogens with zero attached hydrogens (tertiary/aromatic N) is 3. The predicted molar refractivity (Wildman–Crippen MR) is 149 cm³/mol. The molecular weight excluding hydrogens is 492 g/mol. The van der Waals surface area contributed by atoms with Gasteiger partial charge < -0.3 is 19.1 Å². The van der Waals surface area contributed by atoms with Crippen LogP contribution in [-0.4, -0.2) is 46.2 Å². The minimum Gasteiger partial charge on any atom is -0.445 e. The van der Waals surface area contributed by atoms with Gasteiger partial charge in [-0.2, -0.15) is 0 Å². The van der Waals surface area contributed by atoms with Crippen LogP contribution in [0.5, 0.6) is 0 Å². The largest absolute Gasteiger partial charge is 0.445 e. The third-order valence-electron chi connectivity index (χ3n) is 8.63. The molecule has 39 heavy (non-hydrogen) atoms. The molecule has 1 N–H and O–H groups in total. The molecule has 2 aliphatic rings. The predicted octanol–water partition coefficient (Wildman–Crippen LogP) is 6.21. The Bertz CT molecular complexity index is 1230. The van der Waals surface area contributed by atoms with Crippen LogP contribution in [0, 0.1) is 11.3 Å². The molecule has 0 bridgehead atoms. The number of carbonyl (C=O) groups is 2. The van der Waals surface area contributed by atoms with Crippen LogP contribution in [0.3, 0.4) is 0 Å². The molecule has 2 atom stereocenters. The van der Waals surface area contributed by atoms with Gasteiger partial charge in [0.15, 0.2) is 5.76 Å². The van der Waals surface area contributed by atoms with E-state index in [-0.39, 0.29) is 23.3 Å². The summed E-state index contributed by atoms with van der Waals surface area (Å²) in [4.78, 5) is 36.3. The molecule has 8 heteroatoms. The summed E-state index contributed by atoms with van der Waals surface area (Å²) in [5.41, 5.74) is 1.96. The summed E-state index contributed by atoms with van der Waals surface area (Å²) < 4.78 is 11.6. The fourth-order valence-corrected chi connectivity index (χ4v) is 5.86. The van der Waals surface area contributed by atoms with Gasteiger partial charge in [0, 0.05) is 29.9 Å². The molecule has 3 heterocycles. The lowest BCUT2D eigenvalue weighted by molar-refractivity contribution is -0.124. The van der Waals surface area contributed by atoms with Gasteiger partial charge in [0.2, 0.25) is 17.7 Å². The highest BCUT2D eigenvalue weighted by Gasteiger charge is 2.58. The number of nitrogens with one attached hydrogen (secondary N) is 1. The smallest absolute Gasteiger partial charge is 0.225 e. The van der Waals surface area contributed by atoms with E-state index in [9.17, 15) is 9.59 Å². The van der Waals surface area contributed by atoms with Crippen LogP contribution in [0.25, 0.3) is 22.8 Å². The standard InChI is InChI=1S/C31H40N4O4/c1-3-24(36)8-6-5-7-9-26(34-28(37)25-20-31(25)14-17-35(4-2)18-15-31)30-33-21-27(39-30)22-10-12-23(13-11-22)29-32-16-19-38-29/h10-13,16,19,21,25-26H,3-9,14-15,17-18,20H2,1-2H3,(H,34,37)/t25-,26+/m1/s1. The van der Waals surface area contributed by atoms with Crippen molar-refractivity contribution in [1.29, 1.82) is 0 Å². The van der Waals surface area contributed by atoms with Gasteiger partial charge in [-0.1, -0.05) is 38.8 Å². The first kappa shape index (κ1) is 27.3. The highest BCUT2D eigenvalue weighted by Crippen LogP contribution is 2.59. The molecular formula is C31H40N4O4. The van der Waals surface area contributed by atoms with Gasteiger partial charge in [-0.25, -0.2) is 9.97 Å². The van der Waals surface area contributed by atoms with Crippen molar-refractivity contribution in [2.24, 2.45) is 11.3 Å². The highest BCUT2D eigenvalue weighted by molar-refractivity contribution is 5.83. The van der Waals surface area contributed by atoms with Crippen molar-refractivity contribution in [3.63, 3.8) is 0 Å². The number of aromatic nitrogens is 2. The van der Waals surface area contributed by atoms with Gasteiger partial charge in [0.05, 0.1) is 12.4 Å². The van der Waals surface area contributed by atoms with Crippen LogP contribution < -0.4 is 5.32 Å². The summed E-state index contributed by atoms with van der Waals surface area (Å²) in [5, 5.41) is 3.30. The maximum absolute atomic E-state index is 13.4. The van der Waals surface area contributed by atoms with Gasteiger partial charge in [0.1, 0.15) is 18.1 Å². The molecule has 5 rings (SSSR count). The summed E-state index contributed by atoms with van der Waals surface area (Å²) >= 11 is 0. The zero-order valence-electron chi connectivity index (χ0n) is 23.2. The normalized spacial score (nSPS) is 19.2. The topological polar surface area (TPSA) is 101 Å². The molecule has 1 amide bonds. The maximum atomic E-state index is 13.4. The molecule has 1 aliphatic carbocycles. The first-order valence-electron chi connectivity index (χ1n) is 14.5. The molecule has 8 nitrogen and oxygen atoms in total. The third-order valence-corrected chi connectivity index (χ3v) is 8.63. The molecule has 0 unspecified atom stereocenters. The van der Waals surface area contributed by atoms with Gasteiger partial charge in [-0.3, -0.25) is 9.59 Å². The monoisotopic (exact) mass is 532 g/mol. The minimum absolute atomic E-state index is 0.0818. The Hall–Kier alpha value is -3.26. The number of hydrogen-bond donors (Lipinski definition) is 1. The summed E-state index contributed by atoms with van der Waals surface area (Å²) in [6.45, 7) is 7.35. The van der Waals surface area contributed by atoms with Crippen LogP contribution in [-0.2, 0) is 9.59 Å². The van der Waals surface area contributed by atoms with Gasteiger partial charge in [-0.05, 0) is 69.3 Å². The van der Waals surface area contributed by atoms with Crippen molar-refractivity contribution in [3.8, 4) is 22.8 Å². The number of rotatable bonds is 13. The second-order valence-corrected chi connectivity index (χ2v) is 11.1. The number of Topliss-reactive ketones (excluding diaryl/α,β-unsaturated/α-hetero) is 1. The fraction of sp³-hybridized carbons (Fsp3) is 0.548. The van der Waals surface area contributed by atoms with Crippen molar-refractivity contribution in [2.75, 3.05) is 19.6 Å². The molecule has 1 saturated heterocycles. The first-order valence-corrected chi connectivity index (χ1v) is 14.5. The van der Waals surface area contributed by atoms with E-state index in [0.29, 0.717) is 36.2 Å². The Kier molecular flexibility index (Phi) is 8.60. The number of piperidine rings is 1. The molecule has 208 valence electrons. The van der Waals surface area contributed by atoms with Crippen LogP contribution in [0.15, 0.2) is 51.8 Å². The number of hydrogen-bond acceptors (Lipinski definition) is 7. The van der Waals surface area contributed by atoms with Gasteiger partial charge >= 0.3 is 0 Å². The van der Waals surface area contributed by atoms with Crippen LogP contribution in [0.1, 0.15) is 83.6 Å². The summed E-state index contributed by atoms with van der Waals surface area (Å²) in [5.74, 6) is 2.28. The number of ketones is 1. The molecule has 1 spiro atoms. The quantitative estimate of drug-likeness (QED) is 0.261. The number of oxazole rings is 2. The van der Waals surface area contributed by atoms with E-state index in [0.717, 1.165) is 75.7 Å². The Morgan fingerprint density at radius 2 is 1.85 bits per heavy atom. The summed E-state index contributed by atoms with van der Waals surface area (Å²) in [6.07, 6.45) is 12.8. The van der Waals surface area contributed by atoms with Gasteiger partial charge in [0.25, 0.3) is 0 Å². The van der Waals surface area contributed by atoms with Crippen LogP contribution >= 0.6 is 0 Å². The van der Waals surface area contributed by atoms with Crippen molar-refractivity contribution in [3.05, 3.63) is 48.8 Å². The van der Waals surface area contributed by atoms with E-state index >= 15 is 0 Å². The maximum Gasteiger partial charge on any atom is 0.225 e. The molecule has 1 aromatic carbocycles. The first-order chi connectivity index (χ1) is 19.0. The SMILES string of the molecule is CCC(=O)CCCCC[C@H](NC(=O)[C@H]1CC12CCN(CC)CC2)c1ncc(-c2ccc(-c3ncco3)cc2)o1. The second kappa shape index (κ2) is 12.3. The number of likely N-dealkylation sites (tertiary alicyclic amines) is 1. The molecule has 2 fully saturated rings. The van der Waals surface area contributed by atoms with Crippen LogP contribution in [0.4, 0.5) is 0 Å². The van der Waals surface area contributed by atoms with E-state index in [2.05, 4.69) is 27.1 Å².